The maximum Gasteiger partial charge on any atom is 0.255 e. The third-order valence-corrected chi connectivity index (χ3v) is 3.74. The van der Waals surface area contributed by atoms with Crippen molar-refractivity contribution in [2.24, 2.45) is 0 Å². The van der Waals surface area contributed by atoms with Crippen molar-refractivity contribution in [1.29, 1.82) is 0 Å². The Labute approximate surface area is 150 Å². The summed E-state index contributed by atoms with van der Waals surface area (Å²) in [7, 11) is 0. The second-order valence-electron chi connectivity index (χ2n) is 5.91. The Morgan fingerprint density at radius 3 is 2.16 bits per heavy atom. The Morgan fingerprint density at radius 1 is 0.880 bits per heavy atom. The van der Waals surface area contributed by atoms with Crippen LogP contribution in [0.2, 0.25) is 0 Å². The van der Waals surface area contributed by atoms with Crippen molar-refractivity contribution in [2.75, 3.05) is 18.5 Å². The molecule has 1 amide bonds. The third kappa shape index (κ3) is 6.49. The molecule has 0 saturated heterocycles. The van der Waals surface area contributed by atoms with Gasteiger partial charge in [0.15, 0.2) is 0 Å². The van der Waals surface area contributed by atoms with E-state index in [1.165, 1.54) is 0 Å². The van der Waals surface area contributed by atoms with Gasteiger partial charge in [0.1, 0.15) is 11.5 Å². The van der Waals surface area contributed by atoms with E-state index in [0.29, 0.717) is 18.8 Å². The first-order valence-electron chi connectivity index (χ1n) is 9.00. The van der Waals surface area contributed by atoms with Gasteiger partial charge in [-0.1, -0.05) is 32.8 Å². The van der Waals surface area contributed by atoms with Crippen LogP contribution in [0.5, 0.6) is 11.5 Å². The zero-order valence-corrected chi connectivity index (χ0v) is 15.1. The van der Waals surface area contributed by atoms with E-state index in [9.17, 15) is 4.79 Å². The minimum Gasteiger partial charge on any atom is -0.494 e. The molecular weight excluding hydrogens is 314 g/mol. The number of benzene rings is 2. The first-order chi connectivity index (χ1) is 12.2. The number of nitrogens with one attached hydrogen (secondary N) is 1. The first kappa shape index (κ1) is 18.8. The molecule has 0 fully saturated rings. The van der Waals surface area contributed by atoms with Gasteiger partial charge in [0.25, 0.3) is 5.91 Å². The molecule has 0 bridgehead atoms. The van der Waals surface area contributed by atoms with Crippen LogP contribution in [0.1, 0.15) is 49.9 Å². The van der Waals surface area contributed by atoms with Gasteiger partial charge in [-0.15, -0.1) is 0 Å². The summed E-state index contributed by atoms with van der Waals surface area (Å²) in [5, 5.41) is 2.90. The highest BCUT2D eigenvalue weighted by Crippen LogP contribution is 2.18. The lowest BCUT2D eigenvalue weighted by Gasteiger charge is -2.09. The van der Waals surface area contributed by atoms with Crippen molar-refractivity contribution in [2.45, 2.75) is 39.5 Å². The van der Waals surface area contributed by atoms with Crippen LogP contribution in [0.15, 0.2) is 48.5 Å². The van der Waals surface area contributed by atoms with Gasteiger partial charge < -0.3 is 14.8 Å². The molecule has 25 heavy (non-hydrogen) atoms. The van der Waals surface area contributed by atoms with Crippen LogP contribution in [0.3, 0.4) is 0 Å². The predicted molar refractivity (Wildman–Crippen MR) is 102 cm³/mol. The molecule has 0 aliphatic rings. The van der Waals surface area contributed by atoms with Gasteiger partial charge in [-0.05, 0) is 55.3 Å². The summed E-state index contributed by atoms with van der Waals surface area (Å²) in [4.78, 5) is 12.4. The Hall–Kier alpha value is -2.49. The van der Waals surface area contributed by atoms with Crippen LogP contribution in [-0.4, -0.2) is 19.1 Å². The molecule has 0 aliphatic carbocycles. The molecule has 0 heterocycles. The summed E-state index contributed by atoms with van der Waals surface area (Å²) in [6.45, 7) is 5.63. The Morgan fingerprint density at radius 2 is 1.52 bits per heavy atom. The molecule has 2 aromatic carbocycles. The molecule has 2 aromatic rings. The van der Waals surface area contributed by atoms with Crippen LogP contribution in [0.4, 0.5) is 5.69 Å². The molecule has 4 nitrogen and oxygen atoms in total. The van der Waals surface area contributed by atoms with Gasteiger partial charge >= 0.3 is 0 Å². The molecule has 0 aromatic heterocycles. The molecular formula is C21H27NO3. The average molecular weight is 341 g/mol. The van der Waals surface area contributed by atoms with Crippen molar-refractivity contribution in [3.05, 3.63) is 54.1 Å². The molecule has 4 heteroatoms. The fraction of sp³-hybridized carbons (Fsp3) is 0.381. The van der Waals surface area contributed by atoms with E-state index < -0.39 is 0 Å². The van der Waals surface area contributed by atoms with Crippen molar-refractivity contribution in [1.82, 2.24) is 0 Å². The van der Waals surface area contributed by atoms with E-state index in [1.54, 1.807) is 12.1 Å². The molecule has 0 unspecified atom stereocenters. The molecule has 0 radical (unpaired) electrons. The monoisotopic (exact) mass is 341 g/mol. The van der Waals surface area contributed by atoms with E-state index in [4.69, 9.17) is 9.47 Å². The second-order valence-corrected chi connectivity index (χ2v) is 5.91. The number of hydrogen-bond donors (Lipinski definition) is 1. The summed E-state index contributed by atoms with van der Waals surface area (Å²) in [6, 6.07) is 14.7. The second kappa shape index (κ2) is 10.4. The van der Waals surface area contributed by atoms with Crippen LogP contribution < -0.4 is 14.8 Å². The van der Waals surface area contributed by atoms with Crippen molar-refractivity contribution in [3.8, 4) is 11.5 Å². The van der Waals surface area contributed by atoms with Crippen molar-refractivity contribution < 1.29 is 14.3 Å². The standard InChI is InChI=1S/C21H27NO3/c1-3-5-14-24-19-12-10-18(11-13-19)22-21(23)17-8-7-9-20(16-17)25-15-6-4-2/h7-13,16H,3-6,14-15H2,1-2H3,(H,22,23). The number of amides is 1. The van der Waals surface area contributed by atoms with Crippen LogP contribution >= 0.6 is 0 Å². The molecule has 2 rings (SSSR count). The summed E-state index contributed by atoms with van der Waals surface area (Å²) < 4.78 is 11.3. The Bertz CT molecular complexity index is 652. The highest BCUT2D eigenvalue weighted by atomic mass is 16.5. The van der Waals surface area contributed by atoms with Gasteiger partial charge in [-0.25, -0.2) is 0 Å². The molecule has 0 saturated carbocycles. The zero-order valence-electron chi connectivity index (χ0n) is 15.1. The van der Waals surface area contributed by atoms with Gasteiger partial charge in [-0.3, -0.25) is 4.79 Å². The normalized spacial score (nSPS) is 10.3. The smallest absolute Gasteiger partial charge is 0.255 e. The molecule has 134 valence electrons. The van der Waals surface area contributed by atoms with Crippen molar-refractivity contribution in [3.63, 3.8) is 0 Å². The number of unbranched alkanes of at least 4 members (excludes halogenated alkanes) is 2. The largest absolute Gasteiger partial charge is 0.494 e. The number of ether oxygens (including phenoxy) is 2. The first-order valence-corrected chi connectivity index (χ1v) is 9.00. The molecule has 1 N–H and O–H groups in total. The van der Waals surface area contributed by atoms with Gasteiger partial charge in [0.2, 0.25) is 0 Å². The minimum absolute atomic E-state index is 0.152. The van der Waals surface area contributed by atoms with Gasteiger partial charge in [0, 0.05) is 11.3 Å². The predicted octanol–water partition coefficient (Wildman–Crippen LogP) is 5.30. The van der Waals surface area contributed by atoms with Gasteiger partial charge in [-0.2, -0.15) is 0 Å². The van der Waals surface area contributed by atoms with E-state index in [2.05, 4.69) is 19.2 Å². The number of anilines is 1. The quantitative estimate of drug-likeness (QED) is 0.597. The molecule has 0 atom stereocenters. The third-order valence-electron chi connectivity index (χ3n) is 3.74. The summed E-state index contributed by atoms with van der Waals surface area (Å²) in [5.41, 5.74) is 1.32. The fourth-order valence-corrected chi connectivity index (χ4v) is 2.23. The van der Waals surface area contributed by atoms with Crippen LogP contribution in [0.25, 0.3) is 0 Å². The number of hydrogen-bond acceptors (Lipinski definition) is 3. The lowest BCUT2D eigenvalue weighted by Crippen LogP contribution is -2.12. The molecule has 0 spiro atoms. The topological polar surface area (TPSA) is 47.6 Å². The number of carbonyl (C=O) groups is 1. The highest BCUT2D eigenvalue weighted by Gasteiger charge is 2.07. The summed E-state index contributed by atoms with van der Waals surface area (Å²) >= 11 is 0. The summed E-state index contributed by atoms with van der Waals surface area (Å²) in [6.07, 6.45) is 4.23. The van der Waals surface area contributed by atoms with Crippen LogP contribution in [0, 0.1) is 0 Å². The Kier molecular flexibility index (Phi) is 7.83. The van der Waals surface area contributed by atoms with E-state index >= 15 is 0 Å². The average Bonchev–Trinajstić information content (AvgIpc) is 2.64. The van der Waals surface area contributed by atoms with E-state index in [1.807, 2.05) is 36.4 Å². The maximum atomic E-state index is 12.4. The number of carbonyl (C=O) groups excluding carboxylic acids is 1. The maximum absolute atomic E-state index is 12.4. The van der Waals surface area contributed by atoms with E-state index in [-0.39, 0.29) is 5.91 Å². The lowest BCUT2D eigenvalue weighted by atomic mass is 10.2. The van der Waals surface area contributed by atoms with Gasteiger partial charge in [0.05, 0.1) is 13.2 Å². The van der Waals surface area contributed by atoms with E-state index in [0.717, 1.165) is 42.9 Å². The number of rotatable bonds is 10. The summed E-state index contributed by atoms with van der Waals surface area (Å²) in [5.74, 6) is 1.39. The fourth-order valence-electron chi connectivity index (χ4n) is 2.23. The van der Waals surface area contributed by atoms with Crippen LogP contribution in [-0.2, 0) is 0 Å². The zero-order chi connectivity index (χ0) is 17.9. The minimum atomic E-state index is -0.152. The highest BCUT2D eigenvalue weighted by molar-refractivity contribution is 6.04. The Balaban J connectivity index is 1.91. The lowest BCUT2D eigenvalue weighted by molar-refractivity contribution is 0.102. The SMILES string of the molecule is CCCCOc1ccc(NC(=O)c2cccc(OCCCC)c2)cc1. The van der Waals surface area contributed by atoms with Crippen molar-refractivity contribution >= 4 is 11.6 Å². The molecule has 0 aliphatic heterocycles.